The number of aliphatic hydroxyl groups excluding tert-OH is 1. The molecule has 0 aromatic rings. The van der Waals surface area contributed by atoms with Crippen LogP contribution < -0.4 is 10.6 Å². The number of carbonyl (C=O) groups is 2. The lowest BCUT2D eigenvalue weighted by Gasteiger charge is -2.28. The van der Waals surface area contributed by atoms with Crippen molar-refractivity contribution in [2.45, 2.75) is 38.8 Å². The van der Waals surface area contributed by atoms with Gasteiger partial charge in [-0.1, -0.05) is 0 Å². The zero-order valence-corrected chi connectivity index (χ0v) is 10.4. The number of hydrogen-bond acceptors (Lipinski definition) is 4. The number of urea groups is 1. The minimum atomic E-state index is -0.468. The maximum atomic E-state index is 11.8. The van der Waals surface area contributed by atoms with Gasteiger partial charge >= 0.3 is 6.03 Å². The Balaban J connectivity index is 2.48. The maximum Gasteiger partial charge on any atom is 0.321 e. The second-order valence-corrected chi connectivity index (χ2v) is 4.24. The SMILES string of the molecule is CCNC(=O)NC(=O)C(C)N1CCCC1CO. The van der Waals surface area contributed by atoms with E-state index >= 15 is 0 Å². The normalized spacial score (nSPS) is 22.2. The number of carbonyl (C=O) groups excluding carboxylic acids is 2. The van der Waals surface area contributed by atoms with Crippen LogP contribution in [-0.4, -0.2) is 53.7 Å². The number of amides is 3. The summed E-state index contributed by atoms with van der Waals surface area (Å²) in [5.74, 6) is -0.323. The average Bonchev–Trinajstić information content (AvgIpc) is 2.76. The molecule has 0 aromatic carbocycles. The van der Waals surface area contributed by atoms with E-state index in [0.29, 0.717) is 6.54 Å². The van der Waals surface area contributed by atoms with Gasteiger partial charge < -0.3 is 10.4 Å². The Morgan fingerprint density at radius 1 is 1.53 bits per heavy atom. The average molecular weight is 243 g/mol. The first-order valence-electron chi connectivity index (χ1n) is 6.05. The Kier molecular flexibility index (Phi) is 5.37. The summed E-state index contributed by atoms with van der Waals surface area (Å²) < 4.78 is 0. The molecular formula is C11H21N3O3. The van der Waals surface area contributed by atoms with Crippen LogP contribution in [0, 0.1) is 0 Å². The van der Waals surface area contributed by atoms with Crippen molar-refractivity contribution >= 4 is 11.9 Å². The highest BCUT2D eigenvalue weighted by atomic mass is 16.3. The molecule has 1 aliphatic heterocycles. The van der Waals surface area contributed by atoms with Gasteiger partial charge in [0.2, 0.25) is 5.91 Å². The number of nitrogens with zero attached hydrogens (tertiary/aromatic N) is 1. The van der Waals surface area contributed by atoms with Gasteiger partial charge in [-0.3, -0.25) is 15.0 Å². The van der Waals surface area contributed by atoms with Gasteiger partial charge in [0, 0.05) is 12.6 Å². The summed E-state index contributed by atoms with van der Waals surface area (Å²) in [6, 6.07) is -0.827. The molecule has 6 heteroatoms. The lowest BCUT2D eigenvalue weighted by Crippen LogP contribution is -2.51. The van der Waals surface area contributed by atoms with Gasteiger partial charge in [0.15, 0.2) is 0 Å². The Hall–Kier alpha value is -1.14. The predicted molar refractivity (Wildman–Crippen MR) is 63.5 cm³/mol. The Morgan fingerprint density at radius 2 is 2.24 bits per heavy atom. The quantitative estimate of drug-likeness (QED) is 0.632. The highest BCUT2D eigenvalue weighted by Crippen LogP contribution is 2.19. The summed E-state index contributed by atoms with van der Waals surface area (Å²) in [4.78, 5) is 24.9. The van der Waals surface area contributed by atoms with Crippen LogP contribution in [0.1, 0.15) is 26.7 Å². The first-order valence-corrected chi connectivity index (χ1v) is 6.05. The predicted octanol–water partition coefficient (Wildman–Crippen LogP) is -0.323. The second kappa shape index (κ2) is 6.56. The third kappa shape index (κ3) is 3.67. The van der Waals surface area contributed by atoms with Gasteiger partial charge in [-0.25, -0.2) is 4.79 Å². The monoisotopic (exact) mass is 243 g/mol. The van der Waals surface area contributed by atoms with Crippen LogP contribution in [0.15, 0.2) is 0 Å². The van der Waals surface area contributed by atoms with E-state index in [0.717, 1.165) is 19.4 Å². The molecule has 0 aliphatic carbocycles. The minimum absolute atomic E-state index is 0.0324. The molecule has 2 atom stereocenters. The van der Waals surface area contributed by atoms with Gasteiger partial charge in [0.05, 0.1) is 12.6 Å². The number of aliphatic hydroxyl groups is 1. The molecule has 1 aliphatic rings. The molecule has 2 unspecified atom stereocenters. The number of imide groups is 1. The van der Waals surface area contributed by atoms with Crippen LogP contribution in [0.25, 0.3) is 0 Å². The Bertz CT molecular complexity index is 283. The van der Waals surface area contributed by atoms with Crippen molar-refractivity contribution < 1.29 is 14.7 Å². The van der Waals surface area contributed by atoms with Crippen LogP contribution in [-0.2, 0) is 4.79 Å². The van der Waals surface area contributed by atoms with Crippen molar-refractivity contribution in [1.82, 2.24) is 15.5 Å². The molecule has 17 heavy (non-hydrogen) atoms. The molecule has 1 heterocycles. The molecule has 0 saturated carbocycles. The molecule has 1 rings (SSSR count). The smallest absolute Gasteiger partial charge is 0.321 e. The number of nitrogens with one attached hydrogen (secondary N) is 2. The zero-order valence-electron chi connectivity index (χ0n) is 10.4. The van der Waals surface area contributed by atoms with Gasteiger partial charge in [-0.15, -0.1) is 0 Å². The van der Waals surface area contributed by atoms with Crippen molar-refractivity contribution in [3.63, 3.8) is 0 Å². The van der Waals surface area contributed by atoms with Gasteiger partial charge in [-0.05, 0) is 33.2 Å². The largest absolute Gasteiger partial charge is 0.395 e. The number of hydrogen-bond donors (Lipinski definition) is 3. The van der Waals surface area contributed by atoms with E-state index in [4.69, 9.17) is 0 Å². The van der Waals surface area contributed by atoms with Crippen molar-refractivity contribution in [2.24, 2.45) is 0 Å². The van der Waals surface area contributed by atoms with E-state index in [9.17, 15) is 14.7 Å². The molecular weight excluding hydrogens is 222 g/mol. The zero-order chi connectivity index (χ0) is 12.8. The molecule has 98 valence electrons. The van der Waals surface area contributed by atoms with E-state index in [2.05, 4.69) is 10.6 Å². The first kappa shape index (κ1) is 13.9. The summed E-state index contributed by atoms with van der Waals surface area (Å²) in [5, 5.41) is 14.0. The van der Waals surface area contributed by atoms with Crippen molar-refractivity contribution in [1.29, 1.82) is 0 Å². The van der Waals surface area contributed by atoms with Crippen LogP contribution in [0.3, 0.4) is 0 Å². The van der Waals surface area contributed by atoms with Gasteiger partial charge in [-0.2, -0.15) is 0 Å². The van der Waals surface area contributed by atoms with Gasteiger partial charge in [0.1, 0.15) is 0 Å². The van der Waals surface area contributed by atoms with E-state index in [1.54, 1.807) is 13.8 Å². The molecule has 1 fully saturated rings. The van der Waals surface area contributed by atoms with E-state index in [1.807, 2.05) is 4.90 Å². The van der Waals surface area contributed by atoms with Gasteiger partial charge in [0.25, 0.3) is 0 Å². The van der Waals surface area contributed by atoms with E-state index in [1.165, 1.54) is 0 Å². The minimum Gasteiger partial charge on any atom is -0.395 e. The van der Waals surface area contributed by atoms with Crippen molar-refractivity contribution in [3.05, 3.63) is 0 Å². The third-order valence-electron chi connectivity index (χ3n) is 3.08. The second-order valence-electron chi connectivity index (χ2n) is 4.24. The topological polar surface area (TPSA) is 81.7 Å². The maximum absolute atomic E-state index is 11.8. The summed E-state index contributed by atoms with van der Waals surface area (Å²) in [7, 11) is 0. The molecule has 0 spiro atoms. The molecule has 3 N–H and O–H groups in total. The summed E-state index contributed by atoms with van der Waals surface area (Å²) in [6.45, 7) is 4.86. The summed E-state index contributed by atoms with van der Waals surface area (Å²) >= 11 is 0. The summed E-state index contributed by atoms with van der Waals surface area (Å²) in [5.41, 5.74) is 0. The highest BCUT2D eigenvalue weighted by molar-refractivity contribution is 5.96. The van der Waals surface area contributed by atoms with E-state index in [-0.39, 0.29) is 18.6 Å². The third-order valence-corrected chi connectivity index (χ3v) is 3.08. The molecule has 1 saturated heterocycles. The molecule has 0 radical (unpaired) electrons. The molecule has 3 amide bonds. The Labute approximate surface area is 101 Å². The van der Waals surface area contributed by atoms with Crippen LogP contribution in [0.4, 0.5) is 4.79 Å². The van der Waals surface area contributed by atoms with Crippen LogP contribution >= 0.6 is 0 Å². The fourth-order valence-electron chi connectivity index (χ4n) is 2.14. The van der Waals surface area contributed by atoms with Crippen molar-refractivity contribution in [2.75, 3.05) is 19.7 Å². The lowest BCUT2D eigenvalue weighted by atomic mass is 10.2. The van der Waals surface area contributed by atoms with Crippen LogP contribution in [0.5, 0.6) is 0 Å². The standard InChI is InChI=1S/C11H21N3O3/c1-3-12-11(17)13-10(16)8(2)14-6-4-5-9(14)7-15/h8-9,15H,3-7H2,1-2H3,(H2,12,13,16,17). The van der Waals surface area contributed by atoms with Crippen molar-refractivity contribution in [3.8, 4) is 0 Å². The number of rotatable bonds is 4. The first-order chi connectivity index (χ1) is 8.10. The van der Waals surface area contributed by atoms with E-state index < -0.39 is 12.1 Å². The lowest BCUT2D eigenvalue weighted by molar-refractivity contribution is -0.125. The van der Waals surface area contributed by atoms with Crippen LogP contribution in [0.2, 0.25) is 0 Å². The molecule has 0 bridgehead atoms. The Morgan fingerprint density at radius 3 is 2.82 bits per heavy atom. The fourth-order valence-corrected chi connectivity index (χ4v) is 2.14. The molecule has 0 aromatic heterocycles. The fraction of sp³-hybridized carbons (Fsp3) is 0.818. The molecule has 6 nitrogen and oxygen atoms in total. The summed E-state index contributed by atoms with van der Waals surface area (Å²) in [6.07, 6.45) is 1.87. The number of likely N-dealkylation sites (tertiary alicyclic amines) is 1. The highest BCUT2D eigenvalue weighted by Gasteiger charge is 2.31.